The number of aryl methyl sites for hydroxylation is 2. The number of nitrogens with one attached hydrogen (secondary N) is 1. The molecule has 0 aliphatic rings. The third-order valence-corrected chi connectivity index (χ3v) is 3.89. The molecule has 0 fully saturated rings. The average Bonchev–Trinajstić information content (AvgIpc) is 2.44. The molecule has 1 rings (SSSR count). The number of carbonyl (C=O) groups excluding carboxylic acids is 1. The molecule has 0 unspecified atom stereocenters. The van der Waals surface area contributed by atoms with Crippen LogP contribution in [0.15, 0.2) is 0 Å². The smallest absolute Gasteiger partial charge is 0.265 e. The molecule has 0 aliphatic carbocycles. The molecule has 1 aromatic heterocycles. The third kappa shape index (κ3) is 2.94. The number of thiazole rings is 1. The summed E-state index contributed by atoms with van der Waals surface area (Å²) in [5, 5.41) is -0.326. The van der Waals surface area contributed by atoms with Crippen LogP contribution in [0.2, 0.25) is 0 Å². The first-order valence-electron chi connectivity index (χ1n) is 4.12. The zero-order chi connectivity index (χ0) is 13.4. The highest BCUT2D eigenvalue weighted by atomic mass is 32.2. The predicted molar refractivity (Wildman–Crippen MR) is 54.0 cm³/mol. The van der Waals surface area contributed by atoms with Gasteiger partial charge < -0.3 is 0 Å². The lowest BCUT2D eigenvalue weighted by molar-refractivity contribution is -0.0446. The van der Waals surface area contributed by atoms with E-state index in [0.29, 0.717) is 10.6 Å². The van der Waals surface area contributed by atoms with Gasteiger partial charge in [-0.25, -0.2) is 9.71 Å². The Morgan fingerprint density at radius 2 is 1.88 bits per heavy atom. The van der Waals surface area contributed by atoms with E-state index in [1.807, 2.05) is 0 Å². The Morgan fingerprint density at radius 3 is 2.24 bits per heavy atom. The second-order valence-corrected chi connectivity index (χ2v) is 5.92. The van der Waals surface area contributed by atoms with Crippen molar-refractivity contribution in [2.45, 2.75) is 19.4 Å². The van der Waals surface area contributed by atoms with Gasteiger partial charge in [-0.1, -0.05) is 0 Å². The maximum atomic E-state index is 12.0. The molecular formula is C7H7F3N2O3S2. The first kappa shape index (κ1) is 13.9. The Bertz CT molecular complexity index is 528. The fourth-order valence-electron chi connectivity index (χ4n) is 0.793. The van der Waals surface area contributed by atoms with Crippen LogP contribution < -0.4 is 4.72 Å². The van der Waals surface area contributed by atoms with Crippen molar-refractivity contribution in [2.75, 3.05) is 0 Å². The van der Waals surface area contributed by atoms with Gasteiger partial charge in [0.05, 0.1) is 5.69 Å². The van der Waals surface area contributed by atoms with Gasteiger partial charge >= 0.3 is 15.5 Å². The van der Waals surface area contributed by atoms with Crippen LogP contribution in [0, 0.1) is 13.8 Å². The van der Waals surface area contributed by atoms with Crippen LogP contribution in [0.4, 0.5) is 13.2 Å². The highest BCUT2D eigenvalue weighted by Crippen LogP contribution is 2.23. The van der Waals surface area contributed by atoms with Gasteiger partial charge in [0.25, 0.3) is 5.91 Å². The normalized spacial score (nSPS) is 12.5. The number of alkyl halides is 3. The summed E-state index contributed by atoms with van der Waals surface area (Å²) in [4.78, 5) is 15.5. The van der Waals surface area contributed by atoms with Gasteiger partial charge in [0.2, 0.25) is 0 Å². The van der Waals surface area contributed by atoms with E-state index in [4.69, 9.17) is 0 Å². The standard InChI is InChI=1S/C7H7F3N2O3S2/c1-3-4(2)16-6(11-3)5(13)12-17(14,15)7(8,9)10/h1-2H3,(H,12,13). The maximum absolute atomic E-state index is 12.0. The SMILES string of the molecule is Cc1nc(C(=O)NS(=O)(=O)C(F)(F)F)sc1C. The number of rotatable bonds is 2. The summed E-state index contributed by atoms with van der Waals surface area (Å²) in [7, 11) is -5.68. The number of sulfonamides is 1. The summed E-state index contributed by atoms with van der Waals surface area (Å²) in [5.74, 6) is -1.39. The van der Waals surface area contributed by atoms with Crippen molar-refractivity contribution < 1.29 is 26.4 Å². The Balaban J connectivity index is 2.95. The van der Waals surface area contributed by atoms with Crippen LogP contribution in [-0.2, 0) is 10.0 Å². The average molecular weight is 288 g/mol. The monoisotopic (exact) mass is 288 g/mol. The molecule has 96 valence electrons. The zero-order valence-corrected chi connectivity index (χ0v) is 10.3. The molecule has 1 amide bonds. The molecule has 17 heavy (non-hydrogen) atoms. The summed E-state index contributed by atoms with van der Waals surface area (Å²) >= 11 is 0.819. The molecule has 0 radical (unpaired) electrons. The number of halogens is 3. The van der Waals surface area contributed by atoms with E-state index in [9.17, 15) is 26.4 Å². The van der Waals surface area contributed by atoms with Gasteiger partial charge in [-0.2, -0.15) is 21.6 Å². The van der Waals surface area contributed by atoms with E-state index in [0.717, 1.165) is 16.1 Å². The zero-order valence-electron chi connectivity index (χ0n) is 8.62. The molecule has 0 atom stereocenters. The Hall–Kier alpha value is -1.16. The van der Waals surface area contributed by atoms with E-state index in [2.05, 4.69) is 4.98 Å². The van der Waals surface area contributed by atoms with Crippen LogP contribution >= 0.6 is 11.3 Å². The highest BCUT2D eigenvalue weighted by Gasteiger charge is 2.47. The third-order valence-electron chi connectivity index (χ3n) is 1.75. The number of carbonyl (C=O) groups is 1. The largest absolute Gasteiger partial charge is 0.516 e. The second-order valence-electron chi connectivity index (χ2n) is 3.04. The molecular weight excluding hydrogens is 281 g/mol. The van der Waals surface area contributed by atoms with E-state index in [1.54, 1.807) is 13.8 Å². The molecule has 0 spiro atoms. The Kier molecular flexibility index (Phi) is 3.48. The Labute approximate surface area is 98.7 Å². The van der Waals surface area contributed by atoms with Gasteiger partial charge in [0.1, 0.15) is 0 Å². The molecule has 10 heteroatoms. The van der Waals surface area contributed by atoms with Crippen molar-refractivity contribution in [3.8, 4) is 0 Å². The van der Waals surface area contributed by atoms with E-state index < -0.39 is 21.4 Å². The lowest BCUT2D eigenvalue weighted by atomic mass is 10.4. The second kappa shape index (κ2) is 4.26. The molecule has 1 aromatic rings. The van der Waals surface area contributed by atoms with Crippen LogP contribution in [0.25, 0.3) is 0 Å². The fourth-order valence-corrected chi connectivity index (χ4v) is 2.12. The predicted octanol–water partition coefficient (Wildman–Crippen LogP) is 1.34. The minimum atomic E-state index is -5.68. The van der Waals surface area contributed by atoms with E-state index in [1.165, 1.54) is 0 Å². The van der Waals surface area contributed by atoms with Crippen LogP contribution in [0.1, 0.15) is 20.4 Å². The molecule has 5 nitrogen and oxygen atoms in total. The van der Waals surface area contributed by atoms with Crippen molar-refractivity contribution in [1.29, 1.82) is 0 Å². The molecule has 0 saturated heterocycles. The van der Waals surface area contributed by atoms with Crippen molar-refractivity contribution in [3.63, 3.8) is 0 Å². The number of amides is 1. The number of aromatic nitrogens is 1. The van der Waals surface area contributed by atoms with Gasteiger partial charge in [-0.3, -0.25) is 4.79 Å². The van der Waals surface area contributed by atoms with Gasteiger partial charge in [0, 0.05) is 4.88 Å². The Morgan fingerprint density at radius 1 is 1.35 bits per heavy atom. The molecule has 1 heterocycles. The summed E-state index contributed by atoms with van der Waals surface area (Å²) in [6, 6.07) is 0. The van der Waals surface area contributed by atoms with Crippen LogP contribution in [0.3, 0.4) is 0 Å². The summed E-state index contributed by atoms with van der Waals surface area (Å²) in [5.41, 5.74) is -5.06. The highest BCUT2D eigenvalue weighted by molar-refractivity contribution is 7.90. The van der Waals surface area contributed by atoms with Gasteiger partial charge in [0.15, 0.2) is 5.01 Å². The topological polar surface area (TPSA) is 76.1 Å². The lowest BCUT2D eigenvalue weighted by Gasteiger charge is -2.07. The van der Waals surface area contributed by atoms with Crippen molar-refractivity contribution >= 4 is 27.3 Å². The lowest BCUT2D eigenvalue weighted by Crippen LogP contribution is -2.40. The minimum absolute atomic E-state index is 0.326. The molecule has 1 N–H and O–H groups in total. The summed E-state index contributed by atoms with van der Waals surface area (Å²) < 4.78 is 58.1. The minimum Gasteiger partial charge on any atom is -0.265 e. The molecule has 0 aliphatic heterocycles. The summed E-state index contributed by atoms with van der Waals surface area (Å²) in [6.07, 6.45) is 0. The number of hydrogen-bond acceptors (Lipinski definition) is 5. The molecule has 0 bridgehead atoms. The first-order chi connectivity index (χ1) is 7.54. The van der Waals surface area contributed by atoms with Crippen LogP contribution in [-0.4, -0.2) is 24.8 Å². The first-order valence-corrected chi connectivity index (χ1v) is 6.42. The maximum Gasteiger partial charge on any atom is 0.516 e. The number of nitrogens with zero attached hydrogens (tertiary/aromatic N) is 1. The quantitative estimate of drug-likeness (QED) is 0.891. The number of hydrogen-bond donors (Lipinski definition) is 1. The van der Waals surface area contributed by atoms with Crippen molar-refractivity contribution in [1.82, 2.24) is 9.71 Å². The van der Waals surface area contributed by atoms with E-state index >= 15 is 0 Å². The van der Waals surface area contributed by atoms with Crippen LogP contribution in [0.5, 0.6) is 0 Å². The summed E-state index contributed by atoms with van der Waals surface area (Å²) in [6.45, 7) is 3.17. The van der Waals surface area contributed by atoms with E-state index in [-0.39, 0.29) is 5.01 Å². The molecule has 0 saturated carbocycles. The van der Waals surface area contributed by atoms with Gasteiger partial charge in [-0.15, -0.1) is 11.3 Å². The molecule has 0 aromatic carbocycles. The van der Waals surface area contributed by atoms with Gasteiger partial charge in [-0.05, 0) is 13.8 Å². The van der Waals surface area contributed by atoms with Crippen molar-refractivity contribution in [2.24, 2.45) is 0 Å². The van der Waals surface area contributed by atoms with Crippen molar-refractivity contribution in [3.05, 3.63) is 15.6 Å². The fraction of sp³-hybridized carbons (Fsp3) is 0.429.